The quantitative estimate of drug-likeness (QED) is 0.381. The molecular weight excluding hydrogens is 665 g/mol. The molecule has 0 radical (unpaired) electrons. The van der Waals surface area contributed by atoms with Gasteiger partial charge in [0.25, 0.3) is 5.92 Å². The average Bonchev–Trinajstić information content (AvgIpc) is 3.74. The lowest BCUT2D eigenvalue weighted by Gasteiger charge is -2.43. The van der Waals surface area contributed by atoms with Crippen molar-refractivity contribution in [1.82, 2.24) is 24.3 Å². The highest BCUT2D eigenvalue weighted by atomic mass is 79.9. The van der Waals surface area contributed by atoms with Gasteiger partial charge in [-0.25, -0.2) is 27.7 Å². The molecule has 1 aliphatic carbocycles. The van der Waals surface area contributed by atoms with Crippen LogP contribution in [0.1, 0.15) is 49.0 Å². The number of carboxylic acid groups (broad SMARTS) is 1. The third kappa shape index (κ3) is 4.31. The number of carbonyl (C=O) groups excluding carboxylic acids is 1. The number of carbonyl (C=O) groups is 2. The normalized spacial score (nSPS) is 26.1. The van der Waals surface area contributed by atoms with E-state index in [4.69, 9.17) is 0 Å². The molecule has 4 saturated heterocycles. The summed E-state index contributed by atoms with van der Waals surface area (Å²) in [5.41, 5.74) is 1.75. The van der Waals surface area contributed by atoms with Gasteiger partial charge in [-0.1, -0.05) is 0 Å². The van der Waals surface area contributed by atoms with E-state index in [1.54, 1.807) is 11.0 Å². The van der Waals surface area contributed by atoms with Gasteiger partial charge in [0, 0.05) is 48.2 Å². The van der Waals surface area contributed by atoms with E-state index in [1.807, 2.05) is 10.6 Å². The summed E-state index contributed by atoms with van der Waals surface area (Å²) in [6, 6.07) is 3.97. The second kappa shape index (κ2) is 10.3. The zero-order chi connectivity index (χ0) is 31.2. The van der Waals surface area contributed by atoms with Gasteiger partial charge in [0.2, 0.25) is 0 Å². The third-order valence-electron chi connectivity index (χ3n) is 9.55. The summed E-state index contributed by atoms with van der Waals surface area (Å²) in [4.78, 5) is 34.2. The summed E-state index contributed by atoms with van der Waals surface area (Å²) in [5.74, 6) is -3.61. The molecule has 5 aliphatic rings. The lowest BCUT2D eigenvalue weighted by Crippen LogP contribution is -2.61. The van der Waals surface area contributed by atoms with Crippen LogP contribution >= 0.6 is 15.9 Å². The molecule has 232 valence electrons. The number of halogens is 4. The van der Waals surface area contributed by atoms with E-state index in [1.165, 1.54) is 11.2 Å². The molecule has 44 heavy (non-hydrogen) atoms. The average molecular weight is 694 g/mol. The highest BCUT2D eigenvalue weighted by Gasteiger charge is 2.56. The molecule has 5 atom stereocenters. The van der Waals surface area contributed by atoms with Crippen molar-refractivity contribution in [2.45, 2.75) is 61.2 Å². The van der Waals surface area contributed by atoms with Crippen LogP contribution in [0, 0.1) is 23.1 Å². The number of fused-ring (bicyclic) bond motifs is 4. The van der Waals surface area contributed by atoms with E-state index in [9.17, 15) is 32.9 Å². The van der Waals surface area contributed by atoms with E-state index in [2.05, 4.69) is 27.0 Å². The van der Waals surface area contributed by atoms with Gasteiger partial charge in [-0.3, -0.25) is 4.21 Å². The van der Waals surface area contributed by atoms with Crippen LogP contribution in [-0.2, 0) is 17.2 Å². The molecule has 2 unspecified atom stereocenters. The number of amides is 3. The first-order valence-electron chi connectivity index (χ1n) is 14.4. The first-order valence-corrected chi connectivity index (χ1v) is 16.8. The van der Waals surface area contributed by atoms with Gasteiger partial charge in [-0.15, -0.1) is 0 Å². The van der Waals surface area contributed by atoms with Crippen LogP contribution in [0.25, 0.3) is 21.8 Å². The number of benzene rings is 1. The zero-order valence-corrected chi connectivity index (χ0v) is 26.0. The standard InChI is InChI=1S/C29H28BrF3N6O4S/c1-44(43)26-17-10-19(18-5-3-7-37(18)27(40)36-12-29(32,33)13-36)39(24-15-9-20(24)38(11-15)28(41)42)25(17)16-8-14(4-2-6-34)21(30)22(31)23(16)35-26/h8,10,15,18,20,24H,2-5,7,9,11-13H2,1H3,(H,41,42)/t15-,18?,20-,24+,44?/m1/s1. The molecule has 8 rings (SSSR count). The van der Waals surface area contributed by atoms with Gasteiger partial charge in [0.15, 0.2) is 5.82 Å². The maximum absolute atomic E-state index is 16.0. The number of urea groups is 1. The third-order valence-corrected chi connectivity index (χ3v) is 11.3. The van der Waals surface area contributed by atoms with E-state index < -0.39 is 53.8 Å². The molecular formula is C29H28BrF3N6O4S. The predicted molar refractivity (Wildman–Crippen MR) is 157 cm³/mol. The van der Waals surface area contributed by atoms with Gasteiger partial charge in [0.1, 0.15) is 10.5 Å². The van der Waals surface area contributed by atoms with Gasteiger partial charge in [-0.2, -0.15) is 5.26 Å². The topological polar surface area (TPSA) is 123 Å². The second-order valence-electron chi connectivity index (χ2n) is 12.1. The Morgan fingerprint density at radius 2 is 2.00 bits per heavy atom. The Balaban J connectivity index is 1.48. The lowest BCUT2D eigenvalue weighted by atomic mass is 9.79. The van der Waals surface area contributed by atoms with Gasteiger partial charge in [0.05, 0.1) is 58.1 Å². The molecule has 6 heterocycles. The molecule has 0 spiro atoms. The zero-order valence-electron chi connectivity index (χ0n) is 23.6. The SMILES string of the molecule is CS(=O)c1nc2c(F)c(Br)c(CCC#N)cc2c2c1cc(C1CCCN1C(=O)N1CC(F)(F)C1)n2[C@H]1[C@@H]2C[C@H]1N(C(=O)O)C2. The summed E-state index contributed by atoms with van der Waals surface area (Å²) in [7, 11) is -1.65. The number of pyridine rings is 1. The van der Waals surface area contributed by atoms with E-state index in [0.29, 0.717) is 59.9 Å². The summed E-state index contributed by atoms with van der Waals surface area (Å²) in [5, 5.41) is 20.2. The fourth-order valence-corrected chi connectivity index (χ4v) is 8.78. The van der Waals surface area contributed by atoms with Crippen LogP contribution in [0.4, 0.5) is 22.8 Å². The van der Waals surface area contributed by atoms with E-state index in [-0.39, 0.29) is 45.9 Å². The maximum atomic E-state index is 16.0. The van der Waals surface area contributed by atoms with Crippen molar-refractivity contribution in [2.75, 3.05) is 32.4 Å². The van der Waals surface area contributed by atoms with Crippen molar-refractivity contribution in [3.05, 3.63) is 33.7 Å². The highest BCUT2D eigenvalue weighted by molar-refractivity contribution is 9.10. The molecule has 1 aromatic carbocycles. The number of hydrogen-bond donors (Lipinski definition) is 1. The molecule has 2 bridgehead atoms. The Morgan fingerprint density at radius 1 is 1.25 bits per heavy atom. The summed E-state index contributed by atoms with van der Waals surface area (Å²) in [6.45, 7) is -0.614. The number of likely N-dealkylation sites (tertiary alicyclic amines) is 2. The Morgan fingerprint density at radius 3 is 2.64 bits per heavy atom. The number of rotatable bonds is 5. The van der Waals surface area contributed by atoms with Crippen molar-refractivity contribution < 1.29 is 32.1 Å². The lowest BCUT2D eigenvalue weighted by molar-refractivity contribution is -0.114. The second-order valence-corrected chi connectivity index (χ2v) is 14.2. The Kier molecular flexibility index (Phi) is 6.89. The molecule has 3 aromatic rings. The van der Waals surface area contributed by atoms with Gasteiger partial charge in [-0.05, 0) is 59.3 Å². The van der Waals surface area contributed by atoms with Crippen molar-refractivity contribution in [2.24, 2.45) is 5.92 Å². The Bertz CT molecular complexity index is 1820. The van der Waals surface area contributed by atoms with Crippen LogP contribution in [-0.4, -0.2) is 90.1 Å². The smallest absolute Gasteiger partial charge is 0.407 e. The number of nitriles is 1. The maximum Gasteiger partial charge on any atom is 0.407 e. The summed E-state index contributed by atoms with van der Waals surface area (Å²) >= 11 is 3.32. The Hall–Kier alpha value is -3.38. The van der Waals surface area contributed by atoms with Crippen LogP contribution in [0.3, 0.4) is 0 Å². The molecule has 2 aromatic heterocycles. The van der Waals surface area contributed by atoms with Gasteiger partial charge < -0.3 is 24.4 Å². The highest BCUT2D eigenvalue weighted by Crippen LogP contribution is 2.54. The minimum absolute atomic E-state index is 0.00916. The number of aromatic nitrogens is 2. The molecule has 10 nitrogen and oxygen atoms in total. The fraction of sp³-hybridized carbons (Fsp3) is 0.517. The first-order chi connectivity index (χ1) is 20.9. The van der Waals surface area contributed by atoms with Crippen LogP contribution < -0.4 is 0 Å². The predicted octanol–water partition coefficient (Wildman–Crippen LogP) is 5.42. The largest absolute Gasteiger partial charge is 0.465 e. The van der Waals surface area contributed by atoms with Crippen LogP contribution in [0.5, 0.6) is 0 Å². The first kappa shape index (κ1) is 29.3. The van der Waals surface area contributed by atoms with Crippen molar-refractivity contribution in [3.8, 4) is 6.07 Å². The van der Waals surface area contributed by atoms with Gasteiger partial charge >= 0.3 is 12.1 Å². The minimum Gasteiger partial charge on any atom is -0.465 e. The molecule has 5 fully saturated rings. The Labute approximate surface area is 261 Å². The monoisotopic (exact) mass is 692 g/mol. The van der Waals surface area contributed by atoms with Crippen molar-refractivity contribution >= 4 is 60.7 Å². The summed E-state index contributed by atoms with van der Waals surface area (Å²) < 4.78 is 58.6. The van der Waals surface area contributed by atoms with E-state index in [0.717, 1.165) is 4.90 Å². The molecule has 15 heteroatoms. The number of alkyl halides is 2. The molecule has 3 amide bonds. The molecule has 1 saturated carbocycles. The van der Waals surface area contributed by atoms with Crippen LogP contribution in [0.2, 0.25) is 0 Å². The number of nitrogens with zero attached hydrogens (tertiary/aromatic N) is 6. The van der Waals surface area contributed by atoms with Crippen molar-refractivity contribution in [1.29, 1.82) is 5.26 Å². The molecule has 4 aliphatic heterocycles. The minimum atomic E-state index is -2.92. The number of aryl methyl sites for hydroxylation is 1. The summed E-state index contributed by atoms with van der Waals surface area (Å²) in [6.07, 6.45) is 2.66. The van der Waals surface area contributed by atoms with E-state index >= 15 is 4.39 Å². The van der Waals surface area contributed by atoms with Crippen molar-refractivity contribution in [3.63, 3.8) is 0 Å². The number of hydrogen-bond acceptors (Lipinski definition) is 5. The fourth-order valence-electron chi connectivity index (χ4n) is 7.60. The molecule has 1 N–H and O–H groups in total. The van der Waals surface area contributed by atoms with Crippen LogP contribution in [0.15, 0.2) is 21.6 Å².